The van der Waals surface area contributed by atoms with Gasteiger partial charge in [-0.25, -0.2) is 9.78 Å². The first-order valence-corrected chi connectivity index (χ1v) is 14.6. The van der Waals surface area contributed by atoms with Crippen molar-refractivity contribution in [1.82, 2.24) is 15.1 Å². The number of carboxylic acid groups (broad SMARTS) is 1. The maximum absolute atomic E-state index is 11.6. The van der Waals surface area contributed by atoms with E-state index >= 15 is 0 Å². The minimum atomic E-state index is -1.07. The van der Waals surface area contributed by atoms with Crippen LogP contribution < -0.4 is 9.64 Å². The van der Waals surface area contributed by atoms with E-state index < -0.39 is 5.97 Å². The largest absolute Gasteiger partial charge is 0.490 e. The van der Waals surface area contributed by atoms with E-state index in [1.807, 2.05) is 26.0 Å². The van der Waals surface area contributed by atoms with Crippen LogP contribution in [0.15, 0.2) is 47.3 Å². The average molecular weight is 591 g/mol. The number of allylic oxidation sites excluding steroid dienone is 1. The topological polar surface area (TPSA) is 102 Å². The molecule has 3 aliphatic rings. The number of ether oxygens (including phenoxy) is 1. The van der Waals surface area contributed by atoms with Crippen LogP contribution in [0.5, 0.6) is 5.75 Å². The molecule has 1 aromatic carbocycles. The summed E-state index contributed by atoms with van der Waals surface area (Å²) in [6.45, 7) is 5.74. The van der Waals surface area contributed by atoms with E-state index in [2.05, 4.69) is 38.2 Å². The van der Waals surface area contributed by atoms with E-state index in [4.69, 9.17) is 32.5 Å². The van der Waals surface area contributed by atoms with Gasteiger partial charge in [-0.3, -0.25) is 4.98 Å². The van der Waals surface area contributed by atoms with Gasteiger partial charge in [-0.1, -0.05) is 40.5 Å². The van der Waals surface area contributed by atoms with Gasteiger partial charge in [-0.15, -0.1) is 0 Å². The highest BCUT2D eigenvalue weighted by Crippen LogP contribution is 2.54. The van der Waals surface area contributed by atoms with Crippen LogP contribution in [0.1, 0.15) is 54.4 Å². The van der Waals surface area contributed by atoms with E-state index in [1.165, 1.54) is 6.07 Å². The van der Waals surface area contributed by atoms with Crippen LogP contribution in [0.3, 0.4) is 0 Å². The van der Waals surface area contributed by atoms with Crippen molar-refractivity contribution in [1.29, 1.82) is 0 Å². The first kappa shape index (κ1) is 26.3. The molecule has 210 valence electrons. The average Bonchev–Trinajstić information content (AvgIpc) is 3.80. The van der Waals surface area contributed by atoms with Crippen molar-refractivity contribution in [3.05, 3.63) is 69.8 Å². The molecule has 10 heteroatoms. The Labute approximate surface area is 246 Å². The van der Waals surface area contributed by atoms with Crippen LogP contribution in [-0.2, 0) is 0 Å². The molecular weight excluding hydrogens is 563 g/mol. The standard InChI is InChI=1S/C31H28Cl2N4O4/c1-15(2)40-27-10-26(31(38)39)35-25-8-5-17(9-20(25)27)37-13-21-18(22(21)14-37)6-7-19-29(36-41-30(19)16-3-4-16)28-23(32)11-34-12-24(28)33/h5-12,15-16,18,21-22H,3-4,13-14H2,1-2H3,(H,38,39)/b7-6+. The van der Waals surface area contributed by atoms with Crippen LogP contribution in [-0.4, -0.2) is 45.4 Å². The number of fused-ring (bicyclic) bond motifs is 2. The fraction of sp³-hybridized carbons (Fsp3) is 0.355. The Morgan fingerprint density at radius 2 is 1.88 bits per heavy atom. The Morgan fingerprint density at radius 3 is 2.54 bits per heavy atom. The predicted molar refractivity (Wildman–Crippen MR) is 158 cm³/mol. The molecule has 3 fully saturated rings. The maximum atomic E-state index is 11.6. The summed E-state index contributed by atoms with van der Waals surface area (Å²) < 4.78 is 11.8. The van der Waals surface area contributed by atoms with Gasteiger partial charge >= 0.3 is 5.97 Å². The molecule has 0 amide bonds. The van der Waals surface area contributed by atoms with Crippen LogP contribution in [0.2, 0.25) is 10.0 Å². The van der Waals surface area contributed by atoms with E-state index in [0.29, 0.717) is 56.2 Å². The van der Waals surface area contributed by atoms with Gasteiger partial charge in [-0.05, 0) is 62.6 Å². The van der Waals surface area contributed by atoms with Crippen molar-refractivity contribution in [2.75, 3.05) is 18.0 Å². The molecule has 0 radical (unpaired) electrons. The van der Waals surface area contributed by atoms with Crippen LogP contribution >= 0.6 is 23.2 Å². The van der Waals surface area contributed by atoms with Gasteiger partial charge in [0, 0.05) is 59.7 Å². The van der Waals surface area contributed by atoms with E-state index in [0.717, 1.165) is 48.3 Å². The Balaban J connectivity index is 1.11. The summed E-state index contributed by atoms with van der Waals surface area (Å²) in [5.74, 6) is 2.36. The van der Waals surface area contributed by atoms with Crippen LogP contribution in [0.25, 0.3) is 28.2 Å². The van der Waals surface area contributed by atoms with Gasteiger partial charge in [0.2, 0.25) is 0 Å². The van der Waals surface area contributed by atoms with Crippen molar-refractivity contribution in [2.45, 2.75) is 38.7 Å². The number of anilines is 1. The molecule has 4 heterocycles. The third kappa shape index (κ3) is 4.83. The number of piperidine rings is 1. The van der Waals surface area contributed by atoms with Gasteiger partial charge in [0.05, 0.1) is 21.7 Å². The SMILES string of the molecule is CC(C)Oc1cc(C(=O)O)nc2ccc(N3CC4C(/C=C/c5c(-c6c(Cl)cncc6Cl)noc5C5CC5)C4C3)cc12. The molecule has 1 N–H and O–H groups in total. The number of benzene rings is 1. The number of hydrogen-bond donors (Lipinski definition) is 1. The predicted octanol–water partition coefficient (Wildman–Crippen LogP) is 7.35. The third-order valence-electron chi connectivity index (χ3n) is 8.24. The summed E-state index contributed by atoms with van der Waals surface area (Å²) in [7, 11) is 0. The van der Waals surface area contributed by atoms with Crippen molar-refractivity contribution in [2.24, 2.45) is 17.8 Å². The number of carbonyl (C=O) groups is 1. The smallest absolute Gasteiger partial charge is 0.354 e. The molecular formula is C31H28Cl2N4O4. The lowest BCUT2D eigenvalue weighted by Gasteiger charge is -2.22. The molecule has 2 unspecified atom stereocenters. The number of nitrogens with zero attached hydrogens (tertiary/aromatic N) is 4. The minimum Gasteiger partial charge on any atom is -0.490 e. The second kappa shape index (κ2) is 10.0. The lowest BCUT2D eigenvalue weighted by molar-refractivity contribution is 0.0690. The highest BCUT2D eigenvalue weighted by molar-refractivity contribution is 6.39. The van der Waals surface area contributed by atoms with Crippen LogP contribution in [0, 0.1) is 17.8 Å². The van der Waals surface area contributed by atoms with Gasteiger partial charge in [-0.2, -0.15) is 0 Å². The molecule has 7 rings (SSSR count). The summed E-state index contributed by atoms with van der Waals surface area (Å²) in [6, 6.07) is 7.48. The number of aromatic carboxylic acids is 1. The molecule has 4 aromatic rings. The van der Waals surface area contributed by atoms with Gasteiger partial charge in [0.25, 0.3) is 0 Å². The maximum Gasteiger partial charge on any atom is 0.354 e. The summed E-state index contributed by atoms with van der Waals surface area (Å²) >= 11 is 12.9. The monoisotopic (exact) mass is 590 g/mol. The highest BCUT2D eigenvalue weighted by atomic mass is 35.5. The molecule has 8 nitrogen and oxygen atoms in total. The van der Waals surface area contributed by atoms with Crippen molar-refractivity contribution < 1.29 is 19.2 Å². The Morgan fingerprint density at radius 1 is 1.15 bits per heavy atom. The number of rotatable bonds is 8. The zero-order chi connectivity index (χ0) is 28.4. The number of carboxylic acids is 1. The normalized spacial score (nSPS) is 21.7. The molecule has 2 aliphatic carbocycles. The number of pyridine rings is 2. The zero-order valence-corrected chi connectivity index (χ0v) is 24.1. The Hall–Kier alpha value is -3.62. The fourth-order valence-electron chi connectivity index (χ4n) is 6.05. The summed E-state index contributed by atoms with van der Waals surface area (Å²) in [4.78, 5) is 22.4. The number of halogens is 2. The van der Waals surface area contributed by atoms with Gasteiger partial charge in [0.15, 0.2) is 5.69 Å². The van der Waals surface area contributed by atoms with E-state index in [1.54, 1.807) is 12.4 Å². The summed E-state index contributed by atoms with van der Waals surface area (Å²) in [6.07, 6.45) is 9.71. The molecule has 41 heavy (non-hydrogen) atoms. The number of hydrogen-bond acceptors (Lipinski definition) is 7. The molecule has 3 aromatic heterocycles. The van der Waals surface area contributed by atoms with Crippen molar-refractivity contribution >= 4 is 51.8 Å². The van der Waals surface area contributed by atoms with Gasteiger partial charge in [0.1, 0.15) is 17.2 Å². The van der Waals surface area contributed by atoms with Crippen LogP contribution in [0.4, 0.5) is 5.69 Å². The lowest BCUT2D eigenvalue weighted by atomic mass is 10.0. The lowest BCUT2D eigenvalue weighted by Crippen LogP contribution is -2.23. The first-order valence-electron chi connectivity index (χ1n) is 13.8. The molecule has 2 atom stereocenters. The molecule has 2 saturated carbocycles. The highest BCUT2D eigenvalue weighted by Gasteiger charge is 2.54. The van der Waals surface area contributed by atoms with Crippen molar-refractivity contribution in [3.8, 4) is 17.0 Å². The molecule has 1 saturated heterocycles. The third-order valence-corrected chi connectivity index (χ3v) is 8.81. The first-order chi connectivity index (χ1) is 19.8. The fourth-order valence-corrected chi connectivity index (χ4v) is 6.59. The Bertz CT molecular complexity index is 1680. The van der Waals surface area contributed by atoms with E-state index in [9.17, 15) is 9.90 Å². The molecule has 1 aliphatic heterocycles. The molecule has 0 spiro atoms. The molecule has 0 bridgehead atoms. The van der Waals surface area contributed by atoms with E-state index in [-0.39, 0.29) is 11.8 Å². The number of aromatic nitrogens is 3. The second-order valence-electron chi connectivity index (χ2n) is 11.4. The Kier molecular flexibility index (Phi) is 6.43. The van der Waals surface area contributed by atoms with Gasteiger partial charge < -0.3 is 19.3 Å². The quantitative estimate of drug-likeness (QED) is 0.227. The second-order valence-corrected chi connectivity index (χ2v) is 12.2. The summed E-state index contributed by atoms with van der Waals surface area (Å²) in [5.41, 5.74) is 3.97. The summed E-state index contributed by atoms with van der Waals surface area (Å²) in [5, 5.41) is 15.6. The zero-order valence-electron chi connectivity index (χ0n) is 22.6. The van der Waals surface area contributed by atoms with Crippen molar-refractivity contribution in [3.63, 3.8) is 0 Å². The minimum absolute atomic E-state index is 0.0211.